The number of rotatable bonds is 3. The van der Waals surface area contributed by atoms with Gasteiger partial charge in [-0.15, -0.1) is 0 Å². The zero-order valence-corrected chi connectivity index (χ0v) is 9.66. The fourth-order valence-electron chi connectivity index (χ4n) is 1.41. The first-order valence-electron chi connectivity index (χ1n) is 5.17. The molecule has 0 aromatic heterocycles. The molecule has 0 fully saturated rings. The van der Waals surface area contributed by atoms with Gasteiger partial charge in [0.25, 0.3) is 0 Å². The van der Waals surface area contributed by atoms with Crippen molar-refractivity contribution in [3.05, 3.63) is 29.8 Å². The molecule has 0 bridgehead atoms. The first kappa shape index (κ1) is 14.0. The van der Waals surface area contributed by atoms with Crippen LogP contribution in [-0.4, -0.2) is 19.1 Å². The summed E-state index contributed by atoms with van der Waals surface area (Å²) in [5.41, 5.74) is 0.563. The quantitative estimate of drug-likeness (QED) is 0.834. The molecule has 1 aromatic carbocycles. The van der Waals surface area contributed by atoms with Crippen molar-refractivity contribution in [1.82, 2.24) is 0 Å². The van der Waals surface area contributed by atoms with Gasteiger partial charge < -0.3 is 4.90 Å². The van der Waals surface area contributed by atoms with E-state index in [-0.39, 0.29) is 5.56 Å². The molecule has 1 aromatic rings. The van der Waals surface area contributed by atoms with Crippen molar-refractivity contribution in [3.8, 4) is 6.07 Å². The number of hydrogen-bond donors (Lipinski definition) is 0. The largest absolute Gasteiger partial charge is 0.389 e. The van der Waals surface area contributed by atoms with Crippen LogP contribution in [0.25, 0.3) is 0 Å². The average Bonchev–Trinajstić information content (AvgIpc) is 2.34. The Balaban J connectivity index is 2.78. The summed E-state index contributed by atoms with van der Waals surface area (Å²) in [4.78, 5) is 12.6. The van der Waals surface area contributed by atoms with Gasteiger partial charge in [0.1, 0.15) is 6.07 Å². The molecule has 0 heterocycles. The normalized spacial score (nSPS) is 10.8. The zero-order valence-electron chi connectivity index (χ0n) is 9.66. The molecule has 6 heteroatoms. The SMILES string of the molecule is CN(C(=O)CCC(F)(F)F)c1ccccc1C#N. The van der Waals surface area contributed by atoms with Crippen molar-refractivity contribution in [2.45, 2.75) is 19.0 Å². The number of benzene rings is 1. The number of alkyl halides is 3. The summed E-state index contributed by atoms with van der Waals surface area (Å²) < 4.78 is 36.0. The lowest BCUT2D eigenvalue weighted by Gasteiger charge is -2.18. The van der Waals surface area contributed by atoms with Crippen LogP contribution in [0.2, 0.25) is 0 Å². The van der Waals surface area contributed by atoms with Crippen LogP contribution in [-0.2, 0) is 4.79 Å². The van der Waals surface area contributed by atoms with Gasteiger partial charge in [-0.25, -0.2) is 0 Å². The molecule has 0 aliphatic carbocycles. The zero-order chi connectivity index (χ0) is 13.8. The Bertz CT molecular complexity index is 477. The fraction of sp³-hybridized carbons (Fsp3) is 0.333. The van der Waals surface area contributed by atoms with Crippen LogP contribution in [0.4, 0.5) is 18.9 Å². The van der Waals surface area contributed by atoms with Gasteiger partial charge >= 0.3 is 6.18 Å². The third kappa shape index (κ3) is 3.77. The molecular weight excluding hydrogens is 245 g/mol. The predicted octanol–water partition coefficient (Wildman–Crippen LogP) is 2.86. The maximum atomic E-state index is 12.0. The number of carbonyl (C=O) groups is 1. The van der Waals surface area contributed by atoms with E-state index in [0.29, 0.717) is 5.69 Å². The third-order valence-corrected chi connectivity index (χ3v) is 2.38. The topological polar surface area (TPSA) is 44.1 Å². The van der Waals surface area contributed by atoms with E-state index in [1.807, 2.05) is 6.07 Å². The minimum absolute atomic E-state index is 0.250. The standard InChI is InChI=1S/C12H11F3N2O/c1-17(11(18)6-7-12(13,14)15)10-5-3-2-4-9(10)8-16/h2-5H,6-7H2,1H3. The van der Waals surface area contributed by atoms with Gasteiger partial charge in [-0.2, -0.15) is 18.4 Å². The van der Waals surface area contributed by atoms with Crippen molar-refractivity contribution in [1.29, 1.82) is 5.26 Å². The first-order chi connectivity index (χ1) is 8.35. The van der Waals surface area contributed by atoms with E-state index in [2.05, 4.69) is 0 Å². The van der Waals surface area contributed by atoms with E-state index >= 15 is 0 Å². The number of carbonyl (C=O) groups excluding carboxylic acids is 1. The monoisotopic (exact) mass is 256 g/mol. The van der Waals surface area contributed by atoms with Crippen LogP contribution in [0.5, 0.6) is 0 Å². The van der Waals surface area contributed by atoms with Crippen LogP contribution in [0, 0.1) is 11.3 Å². The number of para-hydroxylation sites is 1. The Morgan fingerprint density at radius 2 is 2.00 bits per heavy atom. The molecule has 0 saturated carbocycles. The van der Waals surface area contributed by atoms with Crippen molar-refractivity contribution in [2.75, 3.05) is 11.9 Å². The summed E-state index contributed by atoms with van der Waals surface area (Å²) in [7, 11) is 1.36. The van der Waals surface area contributed by atoms with E-state index < -0.39 is 24.9 Å². The third-order valence-electron chi connectivity index (χ3n) is 2.38. The molecule has 0 aliphatic rings. The number of amides is 1. The smallest absolute Gasteiger partial charge is 0.314 e. The Kier molecular flexibility index (Phi) is 4.32. The molecule has 0 saturated heterocycles. The minimum Gasteiger partial charge on any atom is -0.314 e. The van der Waals surface area contributed by atoms with E-state index in [4.69, 9.17) is 5.26 Å². The highest BCUT2D eigenvalue weighted by molar-refractivity contribution is 5.94. The molecule has 0 N–H and O–H groups in total. The minimum atomic E-state index is -4.36. The molecule has 0 unspecified atom stereocenters. The van der Waals surface area contributed by atoms with Crippen LogP contribution in [0.15, 0.2) is 24.3 Å². The van der Waals surface area contributed by atoms with Gasteiger partial charge in [0.15, 0.2) is 0 Å². The second-order valence-corrected chi connectivity index (χ2v) is 3.70. The Morgan fingerprint density at radius 3 is 2.56 bits per heavy atom. The van der Waals surface area contributed by atoms with Gasteiger partial charge in [-0.3, -0.25) is 4.79 Å². The van der Waals surface area contributed by atoms with E-state index in [1.54, 1.807) is 12.1 Å². The molecule has 0 spiro atoms. The highest BCUT2D eigenvalue weighted by Crippen LogP contribution is 2.24. The maximum Gasteiger partial charge on any atom is 0.389 e. The van der Waals surface area contributed by atoms with E-state index in [1.165, 1.54) is 19.2 Å². The van der Waals surface area contributed by atoms with Crippen LogP contribution in [0.1, 0.15) is 18.4 Å². The van der Waals surface area contributed by atoms with Crippen molar-refractivity contribution < 1.29 is 18.0 Å². The highest BCUT2D eigenvalue weighted by Gasteiger charge is 2.29. The van der Waals surface area contributed by atoms with Crippen LogP contribution >= 0.6 is 0 Å². The lowest BCUT2D eigenvalue weighted by molar-refractivity contribution is -0.142. The second-order valence-electron chi connectivity index (χ2n) is 3.70. The van der Waals surface area contributed by atoms with Crippen LogP contribution < -0.4 is 4.90 Å². The van der Waals surface area contributed by atoms with Gasteiger partial charge in [0, 0.05) is 13.5 Å². The number of nitriles is 1. The summed E-state index contributed by atoms with van der Waals surface area (Å²) in [6, 6.07) is 8.14. The fourth-order valence-corrected chi connectivity index (χ4v) is 1.41. The lowest BCUT2D eigenvalue weighted by Crippen LogP contribution is -2.28. The van der Waals surface area contributed by atoms with Crippen molar-refractivity contribution >= 4 is 11.6 Å². The summed E-state index contributed by atoms with van der Waals surface area (Å²) in [5.74, 6) is -0.671. The van der Waals surface area contributed by atoms with Gasteiger partial charge in [-0.05, 0) is 12.1 Å². The number of halogens is 3. The van der Waals surface area contributed by atoms with E-state index in [0.717, 1.165) is 4.90 Å². The Hall–Kier alpha value is -2.03. The first-order valence-corrected chi connectivity index (χ1v) is 5.17. The highest BCUT2D eigenvalue weighted by atomic mass is 19.4. The van der Waals surface area contributed by atoms with Crippen LogP contribution in [0.3, 0.4) is 0 Å². The molecule has 1 amide bonds. The molecule has 0 radical (unpaired) electrons. The molecule has 3 nitrogen and oxygen atoms in total. The molecule has 18 heavy (non-hydrogen) atoms. The average molecular weight is 256 g/mol. The molecule has 0 aliphatic heterocycles. The summed E-state index contributed by atoms with van der Waals surface area (Å²) in [5, 5.41) is 8.84. The maximum absolute atomic E-state index is 12.0. The summed E-state index contributed by atoms with van der Waals surface area (Å²) in [6.45, 7) is 0. The number of nitrogens with zero attached hydrogens (tertiary/aromatic N) is 2. The van der Waals surface area contributed by atoms with Gasteiger partial charge in [-0.1, -0.05) is 12.1 Å². The number of anilines is 1. The second kappa shape index (κ2) is 5.54. The molecule has 96 valence electrons. The molecular formula is C12H11F3N2O. The van der Waals surface area contributed by atoms with Crippen molar-refractivity contribution in [2.24, 2.45) is 0 Å². The van der Waals surface area contributed by atoms with Gasteiger partial charge in [0.2, 0.25) is 5.91 Å². The van der Waals surface area contributed by atoms with Gasteiger partial charge in [0.05, 0.1) is 17.7 Å². The Morgan fingerprint density at radius 1 is 1.39 bits per heavy atom. The molecule has 1 rings (SSSR count). The molecule has 0 atom stereocenters. The van der Waals surface area contributed by atoms with Crippen molar-refractivity contribution in [3.63, 3.8) is 0 Å². The predicted molar refractivity (Wildman–Crippen MR) is 59.9 cm³/mol. The summed E-state index contributed by atoms with van der Waals surface area (Å²) in [6.07, 6.45) is -6.14. The lowest BCUT2D eigenvalue weighted by atomic mass is 10.1. The Labute approximate surface area is 102 Å². The number of hydrogen-bond acceptors (Lipinski definition) is 2. The summed E-state index contributed by atoms with van der Waals surface area (Å²) >= 11 is 0. The van der Waals surface area contributed by atoms with E-state index in [9.17, 15) is 18.0 Å².